The van der Waals surface area contributed by atoms with E-state index in [1.165, 1.54) is 0 Å². The van der Waals surface area contributed by atoms with Crippen LogP contribution >= 0.6 is 0 Å². The first-order chi connectivity index (χ1) is 13.1. The number of nitrogens with one attached hydrogen (secondary N) is 1. The minimum atomic E-state index is -0.675. The van der Waals surface area contributed by atoms with E-state index in [4.69, 9.17) is 4.74 Å². The molecule has 1 heterocycles. The number of anilines is 1. The molecular formula is C20H29N3O4. The van der Waals surface area contributed by atoms with Crippen molar-refractivity contribution in [2.75, 3.05) is 37.7 Å². The average Bonchev–Trinajstić information content (AvgIpc) is 2.66. The van der Waals surface area contributed by atoms with Crippen molar-refractivity contribution in [3.05, 3.63) is 30.3 Å². The standard InChI is InChI=1S/C20H29N3O4/c1-3-5-13-27-19(25)14-17-20(26)21-11-12-22(17)15-18(24)23(4-2)16-9-7-6-8-10-16/h6-10,17H,3-5,11-15H2,1-2H3,(H,21,26). The van der Waals surface area contributed by atoms with E-state index in [0.29, 0.717) is 26.2 Å². The number of amides is 2. The number of ether oxygens (including phenoxy) is 1. The van der Waals surface area contributed by atoms with Crippen molar-refractivity contribution in [2.24, 2.45) is 0 Å². The van der Waals surface area contributed by atoms with E-state index < -0.39 is 12.0 Å². The van der Waals surface area contributed by atoms with Gasteiger partial charge in [-0.25, -0.2) is 0 Å². The molecule has 0 radical (unpaired) electrons. The number of carbonyl (C=O) groups excluding carboxylic acids is 3. The van der Waals surface area contributed by atoms with Gasteiger partial charge in [-0.05, 0) is 25.5 Å². The van der Waals surface area contributed by atoms with Gasteiger partial charge in [-0.15, -0.1) is 0 Å². The van der Waals surface area contributed by atoms with Gasteiger partial charge in [0.1, 0.15) is 6.04 Å². The number of rotatable bonds is 9. The number of unbranched alkanes of at least 4 members (excludes halogenated alkanes) is 1. The van der Waals surface area contributed by atoms with E-state index in [2.05, 4.69) is 5.32 Å². The molecule has 7 heteroatoms. The zero-order valence-corrected chi connectivity index (χ0v) is 16.1. The number of esters is 1. The second-order valence-corrected chi connectivity index (χ2v) is 6.53. The van der Waals surface area contributed by atoms with Crippen LogP contribution in [0.4, 0.5) is 5.69 Å². The van der Waals surface area contributed by atoms with Crippen molar-refractivity contribution >= 4 is 23.5 Å². The van der Waals surface area contributed by atoms with Crippen LogP contribution in [-0.2, 0) is 19.1 Å². The lowest BCUT2D eigenvalue weighted by Gasteiger charge is -2.35. The Morgan fingerprint density at radius 3 is 2.67 bits per heavy atom. The van der Waals surface area contributed by atoms with Crippen molar-refractivity contribution in [2.45, 2.75) is 39.2 Å². The topological polar surface area (TPSA) is 79.0 Å². The van der Waals surface area contributed by atoms with Gasteiger partial charge >= 0.3 is 5.97 Å². The zero-order chi connectivity index (χ0) is 19.6. The number of benzene rings is 1. The Morgan fingerprint density at radius 2 is 2.00 bits per heavy atom. The molecule has 0 bridgehead atoms. The maximum absolute atomic E-state index is 12.8. The van der Waals surface area contributed by atoms with Crippen LogP contribution in [0.1, 0.15) is 33.1 Å². The van der Waals surface area contributed by atoms with Gasteiger partial charge in [0.05, 0.1) is 19.6 Å². The van der Waals surface area contributed by atoms with Gasteiger partial charge in [0.2, 0.25) is 11.8 Å². The van der Waals surface area contributed by atoms with Crippen molar-refractivity contribution in [3.8, 4) is 0 Å². The molecule has 0 aromatic heterocycles. The lowest BCUT2D eigenvalue weighted by atomic mass is 10.1. The molecule has 0 aliphatic carbocycles. The van der Waals surface area contributed by atoms with E-state index in [9.17, 15) is 14.4 Å². The van der Waals surface area contributed by atoms with Gasteiger partial charge < -0.3 is 15.0 Å². The van der Waals surface area contributed by atoms with Gasteiger partial charge in [-0.3, -0.25) is 19.3 Å². The molecule has 7 nitrogen and oxygen atoms in total. The summed E-state index contributed by atoms with van der Waals surface area (Å²) in [4.78, 5) is 40.6. The highest BCUT2D eigenvalue weighted by Gasteiger charge is 2.34. The minimum absolute atomic E-state index is 0.0414. The van der Waals surface area contributed by atoms with Gasteiger partial charge in [-0.1, -0.05) is 31.5 Å². The molecular weight excluding hydrogens is 346 g/mol. The number of piperazine rings is 1. The summed E-state index contributed by atoms with van der Waals surface area (Å²) in [6.45, 7) is 5.90. The molecule has 1 aromatic carbocycles. The summed E-state index contributed by atoms with van der Waals surface area (Å²) in [5, 5.41) is 2.77. The molecule has 148 valence electrons. The van der Waals surface area contributed by atoms with Crippen LogP contribution in [0.25, 0.3) is 0 Å². The molecule has 1 aromatic rings. The van der Waals surface area contributed by atoms with Crippen LogP contribution in [-0.4, -0.2) is 61.5 Å². The normalized spacial score (nSPS) is 17.3. The van der Waals surface area contributed by atoms with Crippen LogP contribution in [0.2, 0.25) is 0 Å². The van der Waals surface area contributed by atoms with Gasteiger partial charge in [0.15, 0.2) is 0 Å². The minimum Gasteiger partial charge on any atom is -0.466 e. The Bertz CT molecular complexity index is 635. The number of carbonyl (C=O) groups is 3. The first-order valence-corrected chi connectivity index (χ1v) is 9.59. The fraction of sp³-hybridized carbons (Fsp3) is 0.550. The second kappa shape index (κ2) is 10.7. The highest BCUT2D eigenvalue weighted by atomic mass is 16.5. The fourth-order valence-corrected chi connectivity index (χ4v) is 3.09. The van der Waals surface area contributed by atoms with E-state index in [1.54, 1.807) is 9.80 Å². The number of likely N-dealkylation sites (N-methyl/N-ethyl adjacent to an activating group) is 1. The van der Waals surface area contributed by atoms with Crippen molar-refractivity contribution in [1.82, 2.24) is 10.2 Å². The SMILES string of the molecule is CCCCOC(=O)CC1C(=O)NCCN1CC(=O)N(CC)c1ccccc1. The van der Waals surface area contributed by atoms with Gasteiger partial charge in [-0.2, -0.15) is 0 Å². The summed E-state index contributed by atoms with van der Waals surface area (Å²) in [6, 6.07) is 8.76. The number of hydrogen-bond donors (Lipinski definition) is 1. The van der Waals surface area contributed by atoms with Crippen LogP contribution in [0, 0.1) is 0 Å². The number of nitrogens with zero attached hydrogens (tertiary/aromatic N) is 2. The molecule has 1 aliphatic heterocycles. The maximum Gasteiger partial charge on any atom is 0.307 e. The summed E-state index contributed by atoms with van der Waals surface area (Å²) < 4.78 is 5.18. The Morgan fingerprint density at radius 1 is 1.26 bits per heavy atom. The molecule has 2 rings (SSSR count). The monoisotopic (exact) mass is 375 g/mol. The Kier molecular flexibility index (Phi) is 8.26. The third kappa shape index (κ3) is 6.06. The van der Waals surface area contributed by atoms with Crippen molar-refractivity contribution < 1.29 is 19.1 Å². The predicted octanol–water partition coefficient (Wildman–Crippen LogP) is 1.57. The van der Waals surface area contributed by atoms with Crippen LogP contribution < -0.4 is 10.2 Å². The summed E-state index contributed by atoms with van der Waals surface area (Å²) in [5.41, 5.74) is 0.821. The Balaban J connectivity index is 2.01. The quantitative estimate of drug-likeness (QED) is 0.524. The summed E-state index contributed by atoms with van der Waals surface area (Å²) >= 11 is 0. The van der Waals surface area contributed by atoms with Crippen LogP contribution in [0.5, 0.6) is 0 Å². The van der Waals surface area contributed by atoms with Gasteiger partial charge in [0, 0.05) is 25.3 Å². The highest BCUT2D eigenvalue weighted by molar-refractivity contribution is 5.95. The summed E-state index contributed by atoms with van der Waals surface area (Å²) in [5.74, 6) is -0.731. The van der Waals surface area contributed by atoms with E-state index in [1.807, 2.05) is 44.2 Å². The molecule has 1 atom stereocenters. The maximum atomic E-state index is 12.8. The molecule has 27 heavy (non-hydrogen) atoms. The largest absolute Gasteiger partial charge is 0.466 e. The Labute approximate surface area is 160 Å². The molecule has 1 unspecified atom stereocenters. The van der Waals surface area contributed by atoms with E-state index in [-0.39, 0.29) is 24.8 Å². The van der Waals surface area contributed by atoms with Crippen LogP contribution in [0.3, 0.4) is 0 Å². The molecule has 1 N–H and O–H groups in total. The van der Waals surface area contributed by atoms with Crippen molar-refractivity contribution in [1.29, 1.82) is 0 Å². The third-order valence-electron chi connectivity index (χ3n) is 4.59. The van der Waals surface area contributed by atoms with Crippen molar-refractivity contribution in [3.63, 3.8) is 0 Å². The molecule has 1 fully saturated rings. The summed E-state index contributed by atoms with van der Waals surface area (Å²) in [7, 11) is 0. The Hall–Kier alpha value is -2.41. The first kappa shape index (κ1) is 20.9. The zero-order valence-electron chi connectivity index (χ0n) is 16.1. The second-order valence-electron chi connectivity index (χ2n) is 6.53. The number of hydrogen-bond acceptors (Lipinski definition) is 5. The molecule has 2 amide bonds. The first-order valence-electron chi connectivity index (χ1n) is 9.59. The third-order valence-corrected chi connectivity index (χ3v) is 4.59. The number of para-hydroxylation sites is 1. The molecule has 0 saturated carbocycles. The molecule has 1 aliphatic rings. The fourth-order valence-electron chi connectivity index (χ4n) is 3.09. The average molecular weight is 375 g/mol. The van der Waals surface area contributed by atoms with Gasteiger partial charge in [0.25, 0.3) is 0 Å². The molecule has 1 saturated heterocycles. The smallest absolute Gasteiger partial charge is 0.307 e. The highest BCUT2D eigenvalue weighted by Crippen LogP contribution is 2.16. The van der Waals surface area contributed by atoms with E-state index in [0.717, 1.165) is 18.5 Å². The summed E-state index contributed by atoms with van der Waals surface area (Å²) in [6.07, 6.45) is 1.69. The molecule has 0 spiro atoms. The van der Waals surface area contributed by atoms with Crippen LogP contribution in [0.15, 0.2) is 30.3 Å². The lowest BCUT2D eigenvalue weighted by Crippen LogP contribution is -2.58. The van der Waals surface area contributed by atoms with E-state index >= 15 is 0 Å². The lowest BCUT2D eigenvalue weighted by molar-refractivity contribution is -0.149. The predicted molar refractivity (Wildman–Crippen MR) is 103 cm³/mol.